The first-order chi connectivity index (χ1) is 10.1. The van der Waals surface area contributed by atoms with Crippen LogP contribution in [0.2, 0.25) is 0 Å². The fourth-order valence-corrected chi connectivity index (χ4v) is 2.43. The molecule has 0 aromatic heterocycles. The summed E-state index contributed by atoms with van der Waals surface area (Å²) in [5.74, 6) is -0.460. The van der Waals surface area contributed by atoms with E-state index < -0.39 is 0 Å². The zero-order valence-electron chi connectivity index (χ0n) is 11.4. The van der Waals surface area contributed by atoms with Gasteiger partial charge in [-0.05, 0) is 43.3 Å². The zero-order chi connectivity index (χ0) is 15.2. The third-order valence-electron chi connectivity index (χ3n) is 2.77. The molecule has 0 saturated heterocycles. The second kappa shape index (κ2) is 7.04. The number of benzene rings is 2. The van der Waals surface area contributed by atoms with Crippen molar-refractivity contribution in [1.29, 1.82) is 0 Å². The van der Waals surface area contributed by atoms with Gasteiger partial charge < -0.3 is 5.32 Å². The number of hydrogen-bond donors (Lipinski definition) is 1. The summed E-state index contributed by atoms with van der Waals surface area (Å²) in [4.78, 5) is 23.4. The molecule has 0 radical (unpaired) electrons. The van der Waals surface area contributed by atoms with Gasteiger partial charge in [-0.2, -0.15) is 0 Å². The summed E-state index contributed by atoms with van der Waals surface area (Å²) in [5, 5.41) is 2.70. The largest absolute Gasteiger partial charge is 0.325 e. The molecule has 1 amide bonds. The third-order valence-corrected chi connectivity index (χ3v) is 3.82. The molecule has 0 heterocycles. The van der Waals surface area contributed by atoms with Gasteiger partial charge in [0.2, 0.25) is 5.91 Å². The van der Waals surface area contributed by atoms with Gasteiger partial charge in [0.25, 0.3) is 0 Å². The minimum absolute atomic E-state index is 0.0250. The molecule has 0 aliphatic heterocycles. The number of anilines is 1. The maximum absolute atomic E-state index is 13.4. The summed E-state index contributed by atoms with van der Waals surface area (Å²) in [6.45, 7) is 1.48. The third kappa shape index (κ3) is 4.43. The van der Waals surface area contributed by atoms with Gasteiger partial charge in [0.05, 0.1) is 5.75 Å². The van der Waals surface area contributed by atoms with E-state index in [1.165, 1.54) is 13.0 Å². The highest BCUT2D eigenvalue weighted by Gasteiger charge is 2.07. The van der Waals surface area contributed by atoms with Crippen molar-refractivity contribution in [3.63, 3.8) is 0 Å². The standard InChI is InChI=1S/C16H14FNO2S/c1-11(19)12-6-8-13(9-7-12)18-16(20)10-21-15-5-3-2-4-14(15)17/h2-9H,10H2,1H3,(H,18,20). The Hall–Kier alpha value is -2.14. The van der Waals surface area contributed by atoms with Gasteiger partial charge in [0, 0.05) is 16.1 Å². The number of rotatable bonds is 5. The van der Waals surface area contributed by atoms with E-state index in [1.54, 1.807) is 42.5 Å². The average Bonchev–Trinajstić information content (AvgIpc) is 2.47. The second-order valence-corrected chi connectivity index (χ2v) is 5.42. The van der Waals surface area contributed by atoms with Crippen molar-refractivity contribution in [2.75, 3.05) is 11.1 Å². The molecule has 0 spiro atoms. The van der Waals surface area contributed by atoms with E-state index in [2.05, 4.69) is 5.32 Å². The van der Waals surface area contributed by atoms with E-state index in [0.29, 0.717) is 16.1 Å². The van der Waals surface area contributed by atoms with Crippen LogP contribution in [-0.2, 0) is 4.79 Å². The van der Waals surface area contributed by atoms with Gasteiger partial charge in [-0.1, -0.05) is 12.1 Å². The Labute approximate surface area is 126 Å². The molecule has 21 heavy (non-hydrogen) atoms. The van der Waals surface area contributed by atoms with Crippen LogP contribution in [0.5, 0.6) is 0 Å². The summed E-state index contributed by atoms with van der Waals surface area (Å²) in [6.07, 6.45) is 0. The Morgan fingerprint density at radius 3 is 2.38 bits per heavy atom. The first-order valence-electron chi connectivity index (χ1n) is 6.34. The van der Waals surface area contributed by atoms with E-state index in [9.17, 15) is 14.0 Å². The van der Waals surface area contributed by atoms with Crippen molar-refractivity contribution in [2.45, 2.75) is 11.8 Å². The van der Waals surface area contributed by atoms with Crippen LogP contribution in [0.1, 0.15) is 17.3 Å². The normalized spacial score (nSPS) is 10.2. The highest BCUT2D eigenvalue weighted by Crippen LogP contribution is 2.21. The molecule has 0 saturated carbocycles. The summed E-state index contributed by atoms with van der Waals surface area (Å²) >= 11 is 1.14. The number of carbonyl (C=O) groups is 2. The lowest BCUT2D eigenvalue weighted by molar-refractivity contribution is -0.113. The van der Waals surface area contributed by atoms with Crippen molar-refractivity contribution in [3.05, 3.63) is 59.9 Å². The monoisotopic (exact) mass is 303 g/mol. The van der Waals surface area contributed by atoms with Gasteiger partial charge in [-0.15, -0.1) is 11.8 Å². The molecule has 0 unspecified atom stereocenters. The molecule has 0 aliphatic carbocycles. The van der Waals surface area contributed by atoms with Crippen molar-refractivity contribution in [1.82, 2.24) is 0 Å². The lowest BCUT2D eigenvalue weighted by Crippen LogP contribution is -2.14. The van der Waals surface area contributed by atoms with Crippen molar-refractivity contribution in [2.24, 2.45) is 0 Å². The molecular formula is C16H14FNO2S. The summed E-state index contributed by atoms with van der Waals surface area (Å²) < 4.78 is 13.4. The minimum atomic E-state index is -0.332. The molecule has 108 valence electrons. The number of Topliss-reactive ketones (excluding diaryl/α,β-unsaturated/α-hetero) is 1. The van der Waals surface area contributed by atoms with Crippen LogP contribution in [0.15, 0.2) is 53.4 Å². The second-order valence-electron chi connectivity index (χ2n) is 4.40. The number of carbonyl (C=O) groups excluding carboxylic acids is 2. The lowest BCUT2D eigenvalue weighted by Gasteiger charge is -2.06. The maximum atomic E-state index is 13.4. The fourth-order valence-electron chi connectivity index (χ4n) is 1.69. The van der Waals surface area contributed by atoms with E-state index in [-0.39, 0.29) is 23.3 Å². The average molecular weight is 303 g/mol. The smallest absolute Gasteiger partial charge is 0.234 e. The topological polar surface area (TPSA) is 46.2 Å². The number of hydrogen-bond acceptors (Lipinski definition) is 3. The molecule has 0 bridgehead atoms. The molecule has 0 atom stereocenters. The van der Waals surface area contributed by atoms with Gasteiger partial charge >= 0.3 is 0 Å². The first-order valence-corrected chi connectivity index (χ1v) is 7.33. The van der Waals surface area contributed by atoms with E-state index in [0.717, 1.165) is 11.8 Å². The highest BCUT2D eigenvalue weighted by molar-refractivity contribution is 8.00. The number of halogens is 1. The summed E-state index contributed by atoms with van der Waals surface area (Å²) in [5.41, 5.74) is 1.20. The number of amides is 1. The van der Waals surface area contributed by atoms with Gasteiger partial charge in [0.1, 0.15) is 5.82 Å². The van der Waals surface area contributed by atoms with Crippen molar-refractivity contribution in [3.8, 4) is 0 Å². The van der Waals surface area contributed by atoms with Crippen LogP contribution < -0.4 is 5.32 Å². The molecular weight excluding hydrogens is 289 g/mol. The molecule has 2 rings (SSSR count). The van der Waals surface area contributed by atoms with Crippen LogP contribution >= 0.6 is 11.8 Å². The van der Waals surface area contributed by atoms with Crippen LogP contribution in [0.4, 0.5) is 10.1 Å². The quantitative estimate of drug-likeness (QED) is 0.676. The molecule has 5 heteroatoms. The fraction of sp³-hybridized carbons (Fsp3) is 0.125. The summed E-state index contributed by atoms with van der Waals surface area (Å²) in [7, 11) is 0. The Morgan fingerprint density at radius 1 is 1.10 bits per heavy atom. The van der Waals surface area contributed by atoms with Crippen molar-refractivity contribution < 1.29 is 14.0 Å². The number of nitrogens with one attached hydrogen (secondary N) is 1. The predicted molar refractivity (Wildman–Crippen MR) is 82.2 cm³/mol. The van der Waals surface area contributed by atoms with E-state index in [4.69, 9.17) is 0 Å². The van der Waals surface area contributed by atoms with Crippen LogP contribution in [0.3, 0.4) is 0 Å². The number of ketones is 1. The Balaban J connectivity index is 1.90. The van der Waals surface area contributed by atoms with Crippen molar-refractivity contribution >= 4 is 29.1 Å². The van der Waals surface area contributed by atoms with Crippen LogP contribution in [0.25, 0.3) is 0 Å². The Morgan fingerprint density at radius 2 is 1.76 bits per heavy atom. The first kappa shape index (κ1) is 15.3. The molecule has 3 nitrogen and oxygen atoms in total. The van der Waals surface area contributed by atoms with Crippen LogP contribution in [-0.4, -0.2) is 17.4 Å². The molecule has 2 aromatic carbocycles. The lowest BCUT2D eigenvalue weighted by atomic mass is 10.1. The Kier molecular flexibility index (Phi) is 5.11. The van der Waals surface area contributed by atoms with E-state index >= 15 is 0 Å². The zero-order valence-corrected chi connectivity index (χ0v) is 12.2. The van der Waals surface area contributed by atoms with Crippen LogP contribution in [0, 0.1) is 5.82 Å². The van der Waals surface area contributed by atoms with Gasteiger partial charge in [0.15, 0.2) is 5.78 Å². The predicted octanol–water partition coefficient (Wildman–Crippen LogP) is 3.76. The summed E-state index contributed by atoms with van der Waals surface area (Å²) in [6, 6.07) is 13.0. The van der Waals surface area contributed by atoms with Gasteiger partial charge in [-0.3, -0.25) is 9.59 Å². The molecule has 0 aliphatic rings. The molecule has 1 N–H and O–H groups in total. The molecule has 2 aromatic rings. The highest BCUT2D eigenvalue weighted by atomic mass is 32.2. The van der Waals surface area contributed by atoms with E-state index in [1.807, 2.05) is 0 Å². The number of thioether (sulfide) groups is 1. The molecule has 0 fully saturated rings. The Bertz CT molecular complexity index is 656. The maximum Gasteiger partial charge on any atom is 0.234 e. The van der Waals surface area contributed by atoms with Gasteiger partial charge in [-0.25, -0.2) is 4.39 Å². The minimum Gasteiger partial charge on any atom is -0.325 e. The SMILES string of the molecule is CC(=O)c1ccc(NC(=O)CSc2ccccc2F)cc1.